The summed E-state index contributed by atoms with van der Waals surface area (Å²) < 4.78 is 6.71. The van der Waals surface area contributed by atoms with Gasteiger partial charge >= 0.3 is 5.69 Å². The summed E-state index contributed by atoms with van der Waals surface area (Å²) >= 11 is 0. The number of H-pyrrole nitrogens is 1. The third-order valence-corrected chi connectivity index (χ3v) is 2.81. The van der Waals surface area contributed by atoms with Crippen LogP contribution in [0, 0.1) is 0 Å². The Hall–Kier alpha value is -2.56. The first-order valence-electron chi connectivity index (χ1n) is 5.49. The molecule has 0 unspecified atom stereocenters. The fourth-order valence-corrected chi connectivity index (χ4v) is 1.95. The normalized spacial score (nSPS) is 10.7. The van der Waals surface area contributed by atoms with Gasteiger partial charge in [0, 0.05) is 6.20 Å². The zero-order valence-electron chi connectivity index (χ0n) is 9.75. The van der Waals surface area contributed by atoms with Gasteiger partial charge in [-0.25, -0.2) is 4.79 Å². The molecule has 0 saturated heterocycles. The number of pyridine rings is 1. The Bertz CT molecular complexity index is 741. The monoisotopic (exact) mass is 241 g/mol. The average molecular weight is 241 g/mol. The second-order valence-electron chi connectivity index (χ2n) is 3.86. The van der Waals surface area contributed by atoms with Gasteiger partial charge in [-0.3, -0.25) is 9.55 Å². The van der Waals surface area contributed by atoms with Crippen LogP contribution < -0.4 is 10.4 Å². The minimum absolute atomic E-state index is 0.178. The number of nitrogens with zero attached hydrogens (tertiary/aromatic N) is 2. The van der Waals surface area contributed by atoms with Crippen molar-refractivity contribution in [2.75, 3.05) is 7.11 Å². The van der Waals surface area contributed by atoms with Gasteiger partial charge in [0.25, 0.3) is 0 Å². The Morgan fingerprint density at radius 3 is 2.72 bits per heavy atom. The number of hydrogen-bond donors (Lipinski definition) is 1. The SMILES string of the molecule is COc1ccc(-n2c(=O)[nH]c3cnccc32)cc1. The van der Waals surface area contributed by atoms with Gasteiger partial charge in [-0.05, 0) is 30.3 Å². The van der Waals surface area contributed by atoms with Crippen LogP contribution in [-0.4, -0.2) is 21.6 Å². The summed E-state index contributed by atoms with van der Waals surface area (Å²) in [5.41, 5.74) is 2.14. The highest BCUT2D eigenvalue weighted by Crippen LogP contribution is 2.17. The van der Waals surface area contributed by atoms with Crippen molar-refractivity contribution in [3.05, 3.63) is 53.2 Å². The number of benzene rings is 1. The topological polar surface area (TPSA) is 59.9 Å². The van der Waals surface area contributed by atoms with E-state index in [1.54, 1.807) is 30.1 Å². The molecular weight excluding hydrogens is 230 g/mol. The van der Waals surface area contributed by atoms with E-state index in [2.05, 4.69) is 9.97 Å². The molecule has 0 radical (unpaired) electrons. The highest BCUT2D eigenvalue weighted by Gasteiger charge is 2.08. The van der Waals surface area contributed by atoms with Gasteiger partial charge in [-0.2, -0.15) is 0 Å². The van der Waals surface area contributed by atoms with Gasteiger partial charge in [0.2, 0.25) is 0 Å². The van der Waals surface area contributed by atoms with Crippen molar-refractivity contribution in [2.45, 2.75) is 0 Å². The minimum atomic E-state index is -0.178. The van der Waals surface area contributed by atoms with Gasteiger partial charge in [0.15, 0.2) is 0 Å². The molecule has 0 aliphatic rings. The van der Waals surface area contributed by atoms with E-state index in [-0.39, 0.29) is 5.69 Å². The summed E-state index contributed by atoms with van der Waals surface area (Å²) in [6.07, 6.45) is 3.30. The van der Waals surface area contributed by atoms with Crippen molar-refractivity contribution >= 4 is 11.0 Å². The predicted molar refractivity (Wildman–Crippen MR) is 68.2 cm³/mol. The molecule has 0 aliphatic carbocycles. The van der Waals surface area contributed by atoms with Crippen molar-refractivity contribution in [3.63, 3.8) is 0 Å². The van der Waals surface area contributed by atoms with E-state index < -0.39 is 0 Å². The van der Waals surface area contributed by atoms with Crippen molar-refractivity contribution in [1.29, 1.82) is 0 Å². The molecule has 0 aliphatic heterocycles. The molecule has 2 heterocycles. The lowest BCUT2D eigenvalue weighted by molar-refractivity contribution is 0.414. The van der Waals surface area contributed by atoms with Gasteiger partial charge in [-0.1, -0.05) is 0 Å². The lowest BCUT2D eigenvalue weighted by Gasteiger charge is -2.04. The quantitative estimate of drug-likeness (QED) is 0.743. The lowest BCUT2D eigenvalue weighted by Crippen LogP contribution is -2.14. The molecular formula is C13H11N3O2. The molecule has 0 atom stereocenters. The summed E-state index contributed by atoms with van der Waals surface area (Å²) in [5, 5.41) is 0. The number of aromatic nitrogens is 3. The Kier molecular flexibility index (Phi) is 2.37. The van der Waals surface area contributed by atoms with Gasteiger partial charge in [-0.15, -0.1) is 0 Å². The molecule has 3 rings (SSSR count). The first-order valence-corrected chi connectivity index (χ1v) is 5.49. The number of hydrogen-bond acceptors (Lipinski definition) is 3. The zero-order chi connectivity index (χ0) is 12.5. The van der Waals surface area contributed by atoms with Crippen LogP contribution in [0.3, 0.4) is 0 Å². The van der Waals surface area contributed by atoms with Crippen molar-refractivity contribution in [3.8, 4) is 11.4 Å². The molecule has 0 bridgehead atoms. The second-order valence-corrected chi connectivity index (χ2v) is 3.86. The molecule has 5 heteroatoms. The van der Waals surface area contributed by atoms with E-state index >= 15 is 0 Å². The summed E-state index contributed by atoms with van der Waals surface area (Å²) in [6.45, 7) is 0. The minimum Gasteiger partial charge on any atom is -0.497 e. The van der Waals surface area contributed by atoms with Crippen LogP contribution in [0.1, 0.15) is 0 Å². The van der Waals surface area contributed by atoms with Crippen molar-refractivity contribution < 1.29 is 4.74 Å². The molecule has 2 aromatic heterocycles. The fourth-order valence-electron chi connectivity index (χ4n) is 1.95. The smallest absolute Gasteiger partial charge is 0.331 e. The number of methoxy groups -OCH3 is 1. The molecule has 1 N–H and O–H groups in total. The van der Waals surface area contributed by atoms with Crippen LogP contribution in [0.2, 0.25) is 0 Å². The highest BCUT2D eigenvalue weighted by molar-refractivity contribution is 5.76. The Balaban J connectivity index is 2.24. The fraction of sp³-hybridized carbons (Fsp3) is 0.0769. The van der Waals surface area contributed by atoms with Crippen molar-refractivity contribution in [2.24, 2.45) is 0 Å². The standard InChI is InChI=1S/C13H11N3O2/c1-18-10-4-2-9(3-5-10)16-12-6-7-14-8-11(12)15-13(16)17/h2-8H,1H3,(H,15,17). The van der Waals surface area contributed by atoms with Crippen LogP contribution >= 0.6 is 0 Å². The number of nitrogens with one attached hydrogen (secondary N) is 1. The molecule has 0 saturated carbocycles. The third-order valence-electron chi connectivity index (χ3n) is 2.81. The summed E-state index contributed by atoms with van der Waals surface area (Å²) in [7, 11) is 1.61. The largest absolute Gasteiger partial charge is 0.497 e. The molecule has 1 aromatic carbocycles. The predicted octanol–water partition coefficient (Wildman–Crippen LogP) is 1.72. The maximum atomic E-state index is 11.9. The van der Waals surface area contributed by atoms with E-state index in [0.717, 1.165) is 22.5 Å². The number of fused-ring (bicyclic) bond motifs is 1. The average Bonchev–Trinajstić information content (AvgIpc) is 2.75. The van der Waals surface area contributed by atoms with Crippen LogP contribution in [0.25, 0.3) is 16.7 Å². The van der Waals surface area contributed by atoms with E-state index in [9.17, 15) is 4.79 Å². The highest BCUT2D eigenvalue weighted by atomic mass is 16.5. The lowest BCUT2D eigenvalue weighted by atomic mass is 10.3. The van der Waals surface area contributed by atoms with E-state index in [1.807, 2.05) is 24.3 Å². The zero-order valence-corrected chi connectivity index (χ0v) is 9.75. The number of rotatable bonds is 2. The van der Waals surface area contributed by atoms with Crippen LogP contribution in [0.4, 0.5) is 0 Å². The van der Waals surface area contributed by atoms with Gasteiger partial charge in [0.05, 0.1) is 30.0 Å². The van der Waals surface area contributed by atoms with Crippen LogP contribution in [0.15, 0.2) is 47.5 Å². The van der Waals surface area contributed by atoms with E-state index in [0.29, 0.717) is 0 Å². The van der Waals surface area contributed by atoms with Gasteiger partial charge in [0.1, 0.15) is 5.75 Å². The Labute approximate surface area is 103 Å². The van der Waals surface area contributed by atoms with E-state index in [1.165, 1.54) is 0 Å². The van der Waals surface area contributed by atoms with Crippen LogP contribution in [-0.2, 0) is 0 Å². The maximum absolute atomic E-state index is 11.9. The third kappa shape index (κ3) is 1.57. The molecule has 3 aromatic rings. The van der Waals surface area contributed by atoms with Gasteiger partial charge < -0.3 is 9.72 Å². The first-order chi connectivity index (χ1) is 8.79. The van der Waals surface area contributed by atoms with Crippen LogP contribution in [0.5, 0.6) is 5.75 Å². The molecule has 90 valence electrons. The number of aromatic amines is 1. The van der Waals surface area contributed by atoms with Crippen molar-refractivity contribution in [1.82, 2.24) is 14.5 Å². The molecule has 18 heavy (non-hydrogen) atoms. The summed E-state index contributed by atoms with van der Waals surface area (Å²) in [6, 6.07) is 9.13. The maximum Gasteiger partial charge on any atom is 0.331 e. The number of ether oxygens (including phenoxy) is 1. The molecule has 0 spiro atoms. The summed E-state index contributed by atoms with van der Waals surface area (Å²) in [4.78, 5) is 18.7. The second kappa shape index (κ2) is 4.03. The van der Waals surface area contributed by atoms with E-state index in [4.69, 9.17) is 4.74 Å². The first kappa shape index (κ1) is 10.6. The number of imidazole rings is 1. The molecule has 5 nitrogen and oxygen atoms in total. The molecule has 0 amide bonds. The molecule has 0 fully saturated rings. The Morgan fingerprint density at radius 1 is 1.22 bits per heavy atom. The Morgan fingerprint density at radius 2 is 2.00 bits per heavy atom. The summed E-state index contributed by atoms with van der Waals surface area (Å²) in [5.74, 6) is 0.758.